The van der Waals surface area contributed by atoms with Crippen LogP contribution in [0.2, 0.25) is 0 Å². The highest BCUT2D eigenvalue weighted by Crippen LogP contribution is 2.44. The van der Waals surface area contributed by atoms with Crippen molar-refractivity contribution in [3.63, 3.8) is 0 Å². The van der Waals surface area contributed by atoms with E-state index in [9.17, 15) is 15.0 Å². The lowest BCUT2D eigenvalue weighted by atomic mass is 9.69. The van der Waals surface area contributed by atoms with E-state index in [-0.39, 0.29) is 17.6 Å². The molecule has 0 unspecified atom stereocenters. The Morgan fingerprint density at radius 3 is 2.76 bits per heavy atom. The minimum atomic E-state index is -0.987. The molecular weight excluding hydrogens is 272 g/mol. The monoisotopic (exact) mass is 294 g/mol. The van der Waals surface area contributed by atoms with Crippen LogP contribution in [0.25, 0.3) is 0 Å². The van der Waals surface area contributed by atoms with E-state index in [0.717, 1.165) is 12.8 Å². The topological polar surface area (TPSA) is 86.8 Å². The number of rotatable bonds is 3. The molecule has 4 rings (SSSR count). The van der Waals surface area contributed by atoms with Gasteiger partial charge >= 0.3 is 0 Å². The summed E-state index contributed by atoms with van der Waals surface area (Å²) in [5.74, 6) is 0.319. The number of hydrogen-bond acceptors (Lipinski definition) is 5. The van der Waals surface area contributed by atoms with Gasteiger partial charge in [-0.25, -0.2) is 0 Å². The highest BCUT2D eigenvalue weighted by Gasteiger charge is 2.55. The zero-order chi connectivity index (χ0) is 15.2. The summed E-state index contributed by atoms with van der Waals surface area (Å²) in [6.45, 7) is 3.59. The van der Waals surface area contributed by atoms with Crippen LogP contribution >= 0.6 is 0 Å². The van der Waals surface area contributed by atoms with Crippen molar-refractivity contribution in [2.24, 2.45) is 0 Å². The van der Waals surface area contributed by atoms with Crippen LogP contribution in [0.1, 0.15) is 55.3 Å². The molecule has 0 aromatic carbocycles. The summed E-state index contributed by atoms with van der Waals surface area (Å²) in [4.78, 5) is 14.4. The average Bonchev–Trinajstić information content (AvgIpc) is 2.91. The van der Waals surface area contributed by atoms with Gasteiger partial charge in [0.15, 0.2) is 5.69 Å². The van der Waals surface area contributed by atoms with Gasteiger partial charge in [0.05, 0.1) is 17.7 Å². The fraction of sp³-hybridized carbons (Fsp3) is 0.733. The van der Waals surface area contributed by atoms with Crippen molar-refractivity contribution in [1.82, 2.24) is 10.1 Å². The van der Waals surface area contributed by atoms with E-state index in [1.807, 2.05) is 6.92 Å². The van der Waals surface area contributed by atoms with Gasteiger partial charge in [-0.05, 0) is 39.0 Å². The lowest BCUT2D eigenvalue weighted by Crippen LogP contribution is -2.69. The molecule has 2 aliphatic heterocycles. The maximum absolute atomic E-state index is 12.8. The Kier molecular flexibility index (Phi) is 3.53. The van der Waals surface area contributed by atoms with Crippen molar-refractivity contribution in [3.05, 3.63) is 17.5 Å². The van der Waals surface area contributed by atoms with E-state index < -0.39 is 17.7 Å². The largest absolute Gasteiger partial charge is 0.391 e. The predicted molar refractivity (Wildman–Crippen MR) is 74.7 cm³/mol. The molecule has 1 saturated carbocycles. The van der Waals surface area contributed by atoms with Gasteiger partial charge in [-0.1, -0.05) is 12.1 Å². The predicted octanol–water partition coefficient (Wildman–Crippen LogP) is 1.25. The molecule has 2 bridgehead atoms. The number of hydrogen-bond donors (Lipinski definition) is 2. The van der Waals surface area contributed by atoms with Crippen LogP contribution in [0.15, 0.2) is 10.6 Å². The fourth-order valence-electron chi connectivity index (χ4n) is 3.82. The van der Waals surface area contributed by atoms with Crippen LogP contribution in [0, 0.1) is 6.92 Å². The maximum atomic E-state index is 12.8. The Morgan fingerprint density at radius 2 is 2.24 bits per heavy atom. The van der Waals surface area contributed by atoms with Crippen molar-refractivity contribution in [1.29, 1.82) is 0 Å². The van der Waals surface area contributed by atoms with Gasteiger partial charge in [0, 0.05) is 12.1 Å². The quantitative estimate of drug-likeness (QED) is 0.876. The molecule has 2 N–H and O–H groups in total. The SMILES string of the molecule is CC[C@H](O)[C@@H]1N(C(=O)c2cc(C)on2)C2CCC1(O)CC2. The molecule has 3 heterocycles. The third-order valence-electron chi connectivity index (χ3n) is 4.93. The lowest BCUT2D eigenvalue weighted by molar-refractivity contribution is -0.160. The van der Waals surface area contributed by atoms with E-state index in [0.29, 0.717) is 25.0 Å². The van der Waals surface area contributed by atoms with Crippen molar-refractivity contribution >= 4 is 5.91 Å². The summed E-state index contributed by atoms with van der Waals surface area (Å²) in [5.41, 5.74) is -0.740. The first-order valence-electron chi connectivity index (χ1n) is 7.62. The number of carbonyl (C=O) groups is 1. The molecular formula is C15H22N2O4. The highest BCUT2D eigenvalue weighted by molar-refractivity contribution is 5.93. The molecule has 1 aromatic heterocycles. The molecule has 1 aromatic rings. The molecule has 6 nitrogen and oxygen atoms in total. The van der Waals surface area contributed by atoms with Gasteiger partial charge in [0.2, 0.25) is 0 Å². The number of nitrogens with zero attached hydrogens (tertiary/aromatic N) is 2. The van der Waals surface area contributed by atoms with E-state index >= 15 is 0 Å². The average molecular weight is 294 g/mol. The van der Waals surface area contributed by atoms with E-state index in [4.69, 9.17) is 4.52 Å². The van der Waals surface area contributed by atoms with E-state index in [1.165, 1.54) is 0 Å². The second-order valence-electron chi connectivity index (χ2n) is 6.29. The third kappa shape index (κ3) is 2.26. The smallest absolute Gasteiger partial charge is 0.276 e. The number of amides is 1. The highest BCUT2D eigenvalue weighted by atomic mass is 16.5. The van der Waals surface area contributed by atoms with Crippen LogP contribution in [0.4, 0.5) is 0 Å². The van der Waals surface area contributed by atoms with Crippen molar-refractivity contribution in [3.8, 4) is 0 Å². The van der Waals surface area contributed by atoms with Gasteiger partial charge in [0.1, 0.15) is 5.76 Å². The number of fused-ring (bicyclic) bond motifs is 3. The fourth-order valence-corrected chi connectivity index (χ4v) is 3.82. The number of piperidine rings is 2. The van der Waals surface area contributed by atoms with E-state index in [1.54, 1.807) is 17.9 Å². The van der Waals surface area contributed by atoms with Gasteiger partial charge in [-0.3, -0.25) is 4.79 Å². The number of aromatic nitrogens is 1. The molecule has 3 fully saturated rings. The molecule has 2 atom stereocenters. The Bertz CT molecular complexity index is 534. The van der Waals surface area contributed by atoms with Crippen LogP contribution in [-0.4, -0.2) is 50.0 Å². The summed E-state index contributed by atoms with van der Waals surface area (Å²) in [5, 5.41) is 25.0. The summed E-state index contributed by atoms with van der Waals surface area (Å²) < 4.78 is 4.98. The number of aliphatic hydroxyl groups excluding tert-OH is 1. The van der Waals surface area contributed by atoms with Gasteiger partial charge in [0.25, 0.3) is 5.91 Å². The molecule has 21 heavy (non-hydrogen) atoms. The molecule has 6 heteroatoms. The number of carbonyl (C=O) groups excluding carboxylic acids is 1. The number of aliphatic hydroxyl groups is 2. The van der Waals surface area contributed by atoms with Crippen LogP contribution in [0.3, 0.4) is 0 Å². The summed E-state index contributed by atoms with van der Waals surface area (Å²) in [7, 11) is 0. The normalized spacial score (nSPS) is 33.2. The Balaban J connectivity index is 1.96. The summed E-state index contributed by atoms with van der Waals surface area (Å²) in [6, 6.07) is 1.11. The zero-order valence-corrected chi connectivity index (χ0v) is 12.5. The first-order chi connectivity index (χ1) is 9.96. The Hall–Kier alpha value is -1.40. The van der Waals surface area contributed by atoms with Crippen LogP contribution in [-0.2, 0) is 0 Å². The van der Waals surface area contributed by atoms with Crippen molar-refractivity contribution in [2.45, 2.75) is 69.7 Å². The van der Waals surface area contributed by atoms with Crippen LogP contribution in [0.5, 0.6) is 0 Å². The molecule has 116 valence electrons. The molecule has 2 saturated heterocycles. The second-order valence-corrected chi connectivity index (χ2v) is 6.29. The molecule has 0 radical (unpaired) electrons. The minimum Gasteiger partial charge on any atom is -0.391 e. The lowest BCUT2D eigenvalue weighted by Gasteiger charge is -2.57. The third-order valence-corrected chi connectivity index (χ3v) is 4.93. The Labute approximate surface area is 123 Å². The molecule has 1 amide bonds. The first-order valence-corrected chi connectivity index (χ1v) is 7.62. The minimum absolute atomic E-state index is 0.0646. The second kappa shape index (κ2) is 5.10. The van der Waals surface area contributed by atoms with Gasteiger partial charge < -0.3 is 19.6 Å². The van der Waals surface area contributed by atoms with E-state index in [2.05, 4.69) is 5.16 Å². The molecule has 3 aliphatic rings. The molecule has 1 aliphatic carbocycles. The summed E-state index contributed by atoms with van der Waals surface area (Å²) in [6.07, 6.45) is 2.59. The molecule has 0 spiro atoms. The first kappa shape index (κ1) is 14.5. The zero-order valence-electron chi connectivity index (χ0n) is 12.5. The van der Waals surface area contributed by atoms with Gasteiger partial charge in [-0.15, -0.1) is 0 Å². The van der Waals surface area contributed by atoms with Crippen LogP contribution < -0.4 is 0 Å². The van der Waals surface area contributed by atoms with Gasteiger partial charge in [-0.2, -0.15) is 0 Å². The van der Waals surface area contributed by atoms with Crippen molar-refractivity contribution in [2.75, 3.05) is 0 Å². The summed E-state index contributed by atoms with van der Waals surface area (Å²) >= 11 is 0. The van der Waals surface area contributed by atoms with Crippen molar-refractivity contribution < 1.29 is 19.5 Å². The Morgan fingerprint density at radius 1 is 1.57 bits per heavy atom. The standard InChI is InChI=1S/C15H22N2O4/c1-3-12(18)13-15(20)6-4-10(5-7-15)17(13)14(19)11-8-9(2)21-16-11/h8,10,12-13,18,20H,3-7H2,1-2H3/t10?,12-,13-,15?/m0/s1. The number of aryl methyl sites for hydroxylation is 1. The maximum Gasteiger partial charge on any atom is 0.276 e.